The van der Waals surface area contributed by atoms with E-state index in [-0.39, 0.29) is 11.9 Å². The lowest BCUT2D eigenvalue weighted by Gasteiger charge is -2.35. The second-order valence-electron chi connectivity index (χ2n) is 4.74. The zero-order valence-corrected chi connectivity index (χ0v) is 8.91. The molecule has 0 N–H and O–H groups in total. The van der Waals surface area contributed by atoms with Crippen molar-refractivity contribution in [1.29, 1.82) is 0 Å². The quantitative estimate of drug-likeness (QED) is 0.566. The second kappa shape index (κ2) is 2.94. The van der Waals surface area contributed by atoms with Crippen LogP contribution in [0.2, 0.25) is 0 Å². The third-order valence-electron chi connectivity index (χ3n) is 3.08. The first-order valence-electron chi connectivity index (χ1n) is 5.04. The number of fused-ring (bicyclic) bond motifs is 1. The third-order valence-corrected chi connectivity index (χ3v) is 3.08. The molecule has 0 saturated carbocycles. The molecule has 0 aromatic heterocycles. The Labute approximate surface area is 80.0 Å². The van der Waals surface area contributed by atoms with Gasteiger partial charge in [0.2, 0.25) is 0 Å². The van der Waals surface area contributed by atoms with Crippen LogP contribution in [0, 0.1) is 0 Å². The number of likely N-dealkylation sites (N-methyl/N-ethyl adjacent to an activating group) is 1. The van der Waals surface area contributed by atoms with Crippen molar-refractivity contribution in [2.24, 2.45) is 0 Å². The molecule has 2 aliphatic heterocycles. The smallest absolute Gasteiger partial charge is 0.163 e. The molecule has 0 amide bonds. The van der Waals surface area contributed by atoms with Gasteiger partial charge in [0.25, 0.3) is 0 Å². The van der Waals surface area contributed by atoms with E-state index in [0.29, 0.717) is 12.1 Å². The lowest BCUT2D eigenvalue weighted by atomic mass is 9.99. The Morgan fingerprint density at radius 2 is 1.85 bits per heavy atom. The van der Waals surface area contributed by atoms with Crippen molar-refractivity contribution in [2.75, 3.05) is 13.6 Å². The highest BCUT2D eigenvalue weighted by atomic mass is 16.8. The summed E-state index contributed by atoms with van der Waals surface area (Å²) >= 11 is 0. The molecule has 76 valence electrons. The predicted molar refractivity (Wildman–Crippen MR) is 50.5 cm³/mol. The molecule has 2 heterocycles. The van der Waals surface area contributed by atoms with Gasteiger partial charge < -0.3 is 14.4 Å². The second-order valence-corrected chi connectivity index (χ2v) is 4.74. The van der Waals surface area contributed by atoms with E-state index in [4.69, 9.17) is 9.47 Å². The first-order valence-corrected chi connectivity index (χ1v) is 5.04. The molecular weight excluding hydrogens is 166 g/mol. The minimum Gasteiger partial charge on any atom is -0.344 e. The van der Waals surface area contributed by atoms with Gasteiger partial charge in [-0.1, -0.05) is 0 Å². The zero-order chi connectivity index (χ0) is 9.64. The van der Waals surface area contributed by atoms with E-state index < -0.39 is 0 Å². The van der Waals surface area contributed by atoms with Crippen molar-refractivity contribution in [1.82, 2.24) is 4.90 Å². The van der Waals surface area contributed by atoms with E-state index in [2.05, 4.69) is 18.9 Å². The van der Waals surface area contributed by atoms with Crippen molar-refractivity contribution in [3.8, 4) is 0 Å². The van der Waals surface area contributed by atoms with Gasteiger partial charge in [-0.15, -0.1) is 0 Å². The minimum absolute atomic E-state index is 0.274. The molecule has 0 radical (unpaired) electrons. The fraction of sp³-hybridized carbons (Fsp3) is 1.00. The summed E-state index contributed by atoms with van der Waals surface area (Å²) in [5.74, 6) is -0.375. The minimum atomic E-state index is -0.375. The monoisotopic (exact) mass is 185 g/mol. The topological polar surface area (TPSA) is 21.7 Å². The number of likely N-dealkylation sites (tertiary alicyclic amines) is 1. The number of piperidine rings is 1. The lowest BCUT2D eigenvalue weighted by molar-refractivity contribution is -0.145. The predicted octanol–water partition coefficient (Wildman–Crippen LogP) is 1.23. The Kier molecular flexibility index (Phi) is 2.13. The van der Waals surface area contributed by atoms with Crippen molar-refractivity contribution in [3.63, 3.8) is 0 Å². The van der Waals surface area contributed by atoms with Crippen molar-refractivity contribution in [3.05, 3.63) is 0 Å². The molecule has 3 unspecified atom stereocenters. The average molecular weight is 185 g/mol. The Bertz CT molecular complexity index is 185. The summed E-state index contributed by atoms with van der Waals surface area (Å²) in [7, 11) is 2.15. The lowest BCUT2D eigenvalue weighted by Crippen LogP contribution is -2.47. The summed E-state index contributed by atoms with van der Waals surface area (Å²) in [6.45, 7) is 7.23. The third kappa shape index (κ3) is 1.73. The van der Waals surface area contributed by atoms with Crippen LogP contribution in [0.15, 0.2) is 0 Å². The van der Waals surface area contributed by atoms with E-state index in [1.165, 1.54) is 0 Å². The molecular formula is C10H19NO2. The maximum atomic E-state index is 5.82. The highest BCUT2D eigenvalue weighted by Gasteiger charge is 2.45. The highest BCUT2D eigenvalue weighted by Crippen LogP contribution is 2.34. The largest absolute Gasteiger partial charge is 0.344 e. The molecule has 3 heteroatoms. The van der Waals surface area contributed by atoms with Crippen LogP contribution in [0.25, 0.3) is 0 Å². The highest BCUT2D eigenvalue weighted by molar-refractivity contribution is 4.90. The maximum absolute atomic E-state index is 5.82. The van der Waals surface area contributed by atoms with E-state index in [9.17, 15) is 0 Å². The summed E-state index contributed by atoms with van der Waals surface area (Å²) in [5.41, 5.74) is 0. The molecule has 3 nitrogen and oxygen atoms in total. The molecule has 0 spiro atoms. The van der Waals surface area contributed by atoms with Crippen LogP contribution < -0.4 is 0 Å². The Morgan fingerprint density at radius 3 is 2.54 bits per heavy atom. The van der Waals surface area contributed by atoms with Gasteiger partial charge in [0.1, 0.15) is 0 Å². The van der Waals surface area contributed by atoms with Crippen LogP contribution in [0.3, 0.4) is 0 Å². The Balaban J connectivity index is 2.05. The summed E-state index contributed by atoms with van der Waals surface area (Å²) in [4.78, 5) is 2.34. The molecule has 13 heavy (non-hydrogen) atoms. The van der Waals surface area contributed by atoms with Gasteiger partial charge in [-0.05, 0) is 34.2 Å². The average Bonchev–Trinajstić information content (AvgIpc) is 2.24. The SMILES string of the molecule is CC1CC2OC(C)(C)OC2CN1C. The molecule has 0 aromatic rings. The van der Waals surface area contributed by atoms with Gasteiger partial charge >= 0.3 is 0 Å². The van der Waals surface area contributed by atoms with E-state index >= 15 is 0 Å². The normalized spacial score (nSPS) is 44.8. The molecule has 2 fully saturated rings. The molecule has 2 rings (SSSR count). The van der Waals surface area contributed by atoms with Crippen LogP contribution in [0.1, 0.15) is 27.2 Å². The van der Waals surface area contributed by atoms with Gasteiger partial charge in [-0.25, -0.2) is 0 Å². The van der Waals surface area contributed by atoms with E-state index in [1.54, 1.807) is 0 Å². The summed E-state index contributed by atoms with van der Waals surface area (Å²) in [6, 6.07) is 0.610. The molecule has 2 aliphatic rings. The van der Waals surface area contributed by atoms with Crippen LogP contribution in [0.5, 0.6) is 0 Å². The van der Waals surface area contributed by atoms with Crippen molar-refractivity contribution >= 4 is 0 Å². The van der Waals surface area contributed by atoms with Gasteiger partial charge in [-0.3, -0.25) is 0 Å². The number of nitrogens with zero attached hydrogens (tertiary/aromatic N) is 1. The first-order chi connectivity index (χ1) is 5.98. The van der Waals surface area contributed by atoms with Crippen LogP contribution in [0.4, 0.5) is 0 Å². The fourth-order valence-electron chi connectivity index (χ4n) is 2.24. The molecule has 2 saturated heterocycles. The molecule has 0 bridgehead atoms. The molecule has 0 aromatic carbocycles. The van der Waals surface area contributed by atoms with Crippen molar-refractivity contribution < 1.29 is 9.47 Å². The van der Waals surface area contributed by atoms with Crippen LogP contribution >= 0.6 is 0 Å². The van der Waals surface area contributed by atoms with Gasteiger partial charge in [0, 0.05) is 12.6 Å². The van der Waals surface area contributed by atoms with Gasteiger partial charge in [-0.2, -0.15) is 0 Å². The van der Waals surface area contributed by atoms with Crippen LogP contribution in [-0.4, -0.2) is 42.5 Å². The molecule has 0 aliphatic carbocycles. The number of rotatable bonds is 0. The Morgan fingerprint density at radius 1 is 1.23 bits per heavy atom. The number of hydrogen-bond donors (Lipinski definition) is 0. The fourth-order valence-corrected chi connectivity index (χ4v) is 2.24. The van der Waals surface area contributed by atoms with Gasteiger partial charge in [0.05, 0.1) is 12.2 Å². The van der Waals surface area contributed by atoms with Gasteiger partial charge in [0.15, 0.2) is 5.79 Å². The zero-order valence-electron chi connectivity index (χ0n) is 8.91. The summed E-state index contributed by atoms with van der Waals surface area (Å²) in [6.07, 6.45) is 1.67. The number of hydrogen-bond acceptors (Lipinski definition) is 3. The van der Waals surface area contributed by atoms with E-state index in [0.717, 1.165) is 13.0 Å². The first kappa shape index (κ1) is 9.44. The number of ether oxygens (including phenoxy) is 2. The maximum Gasteiger partial charge on any atom is 0.163 e. The van der Waals surface area contributed by atoms with Crippen molar-refractivity contribution in [2.45, 2.75) is 51.2 Å². The van der Waals surface area contributed by atoms with Crippen LogP contribution in [-0.2, 0) is 9.47 Å². The Hall–Kier alpha value is -0.120. The summed E-state index contributed by atoms with van der Waals surface area (Å²) < 4.78 is 11.6. The summed E-state index contributed by atoms with van der Waals surface area (Å²) in [5, 5.41) is 0. The van der Waals surface area contributed by atoms with E-state index in [1.807, 2.05) is 13.8 Å². The molecule has 3 atom stereocenters. The standard InChI is InChI=1S/C10H19NO2/c1-7-5-8-9(6-11(7)4)13-10(2,3)12-8/h7-9H,5-6H2,1-4H3.